The lowest BCUT2D eigenvalue weighted by Crippen LogP contribution is -2.42. The highest BCUT2D eigenvalue weighted by atomic mass is 35.5. The van der Waals surface area contributed by atoms with Gasteiger partial charge in [0.05, 0.1) is 7.11 Å². The SMILES string of the molecule is CC(C)(N)C(=O)O.COC(=O)C(C)(C)N.Cl. The summed E-state index contributed by atoms with van der Waals surface area (Å²) in [7, 11) is 1.32. The average Bonchev–Trinajstić information content (AvgIpc) is 2.00. The minimum atomic E-state index is -1.08. The maximum atomic E-state index is 10.5. The number of carboxylic acid groups (broad SMARTS) is 1. The van der Waals surface area contributed by atoms with E-state index in [9.17, 15) is 9.59 Å². The molecule has 6 nitrogen and oxygen atoms in total. The monoisotopic (exact) mass is 256 g/mol. The molecular weight excluding hydrogens is 236 g/mol. The molecule has 0 aromatic carbocycles. The van der Waals surface area contributed by atoms with E-state index in [0.29, 0.717) is 0 Å². The summed E-state index contributed by atoms with van der Waals surface area (Å²) < 4.78 is 4.35. The predicted molar refractivity (Wildman–Crippen MR) is 63.4 cm³/mol. The summed E-state index contributed by atoms with van der Waals surface area (Å²) in [6.45, 7) is 6.07. The van der Waals surface area contributed by atoms with Gasteiger partial charge in [-0.2, -0.15) is 0 Å². The molecule has 0 atom stereocenters. The van der Waals surface area contributed by atoms with E-state index in [1.54, 1.807) is 13.8 Å². The Labute approximate surface area is 102 Å². The molecule has 0 saturated heterocycles. The van der Waals surface area contributed by atoms with Crippen molar-refractivity contribution in [1.29, 1.82) is 0 Å². The first-order valence-electron chi connectivity index (χ1n) is 4.32. The fourth-order valence-electron chi connectivity index (χ4n) is 0.263. The first kappa shape index (κ1) is 20.5. The molecule has 7 heteroatoms. The Bertz CT molecular complexity index is 231. The van der Waals surface area contributed by atoms with Crippen molar-refractivity contribution >= 4 is 24.3 Å². The molecule has 0 aromatic heterocycles. The molecule has 5 N–H and O–H groups in total. The zero-order valence-electron chi connectivity index (χ0n) is 10.2. The summed E-state index contributed by atoms with van der Waals surface area (Å²) in [6, 6.07) is 0. The molecule has 0 aliphatic carbocycles. The molecule has 0 rings (SSSR count). The van der Waals surface area contributed by atoms with Gasteiger partial charge in [0.15, 0.2) is 0 Å². The lowest BCUT2D eigenvalue weighted by Gasteiger charge is -2.13. The molecule has 0 bridgehead atoms. The van der Waals surface area contributed by atoms with Crippen LogP contribution in [-0.4, -0.2) is 35.2 Å². The molecule has 0 amide bonds. The second-order valence-electron chi connectivity index (χ2n) is 4.24. The van der Waals surface area contributed by atoms with E-state index in [1.165, 1.54) is 21.0 Å². The van der Waals surface area contributed by atoms with Gasteiger partial charge in [0.2, 0.25) is 0 Å². The molecule has 0 fully saturated rings. The lowest BCUT2D eigenvalue weighted by molar-refractivity contribution is -0.145. The molecule has 0 spiro atoms. The molecule has 0 radical (unpaired) electrons. The van der Waals surface area contributed by atoms with Gasteiger partial charge in [0.25, 0.3) is 0 Å². The maximum absolute atomic E-state index is 10.5. The first-order valence-corrected chi connectivity index (χ1v) is 4.32. The fraction of sp³-hybridized carbons (Fsp3) is 0.778. The van der Waals surface area contributed by atoms with Crippen molar-refractivity contribution in [3.63, 3.8) is 0 Å². The van der Waals surface area contributed by atoms with Crippen molar-refractivity contribution in [2.24, 2.45) is 11.5 Å². The normalized spacial score (nSPS) is 10.4. The van der Waals surface area contributed by atoms with E-state index in [0.717, 1.165) is 0 Å². The number of carbonyl (C=O) groups is 2. The van der Waals surface area contributed by atoms with E-state index in [1.807, 2.05) is 0 Å². The number of methoxy groups -OCH3 is 1. The minimum Gasteiger partial charge on any atom is -0.480 e. The van der Waals surface area contributed by atoms with Crippen molar-refractivity contribution in [3.05, 3.63) is 0 Å². The van der Waals surface area contributed by atoms with E-state index in [2.05, 4.69) is 4.74 Å². The Morgan fingerprint density at radius 3 is 1.31 bits per heavy atom. The Kier molecular flexibility index (Phi) is 9.54. The molecule has 0 aliphatic rings. The lowest BCUT2D eigenvalue weighted by atomic mass is 10.1. The third-order valence-corrected chi connectivity index (χ3v) is 1.26. The topological polar surface area (TPSA) is 116 Å². The molecule has 98 valence electrons. The Hall–Kier alpha value is -0.850. The Balaban J connectivity index is -0.000000200. The quantitative estimate of drug-likeness (QED) is 0.605. The smallest absolute Gasteiger partial charge is 0.325 e. The molecule has 0 unspecified atom stereocenters. The summed E-state index contributed by atoms with van der Waals surface area (Å²) in [5, 5.41) is 8.12. The largest absolute Gasteiger partial charge is 0.480 e. The van der Waals surface area contributed by atoms with Crippen molar-refractivity contribution in [2.75, 3.05) is 7.11 Å². The number of nitrogens with two attached hydrogens (primary N) is 2. The van der Waals surface area contributed by atoms with Gasteiger partial charge in [-0.25, -0.2) is 0 Å². The van der Waals surface area contributed by atoms with Crippen LogP contribution in [0.15, 0.2) is 0 Å². The summed E-state index contributed by atoms with van der Waals surface area (Å²) in [6.07, 6.45) is 0. The summed E-state index contributed by atoms with van der Waals surface area (Å²) in [5.41, 5.74) is 8.46. The summed E-state index contributed by atoms with van der Waals surface area (Å²) >= 11 is 0. The highest BCUT2D eigenvalue weighted by molar-refractivity contribution is 5.85. The van der Waals surface area contributed by atoms with Gasteiger partial charge >= 0.3 is 11.9 Å². The predicted octanol–water partition coefficient (Wildman–Crippen LogP) is 0.127. The van der Waals surface area contributed by atoms with Gasteiger partial charge in [-0.1, -0.05) is 0 Å². The van der Waals surface area contributed by atoms with Crippen LogP contribution in [0.2, 0.25) is 0 Å². The van der Waals surface area contributed by atoms with Gasteiger partial charge in [-0.3, -0.25) is 9.59 Å². The zero-order valence-corrected chi connectivity index (χ0v) is 11.1. The molecule has 0 heterocycles. The van der Waals surface area contributed by atoms with Crippen LogP contribution in [0.3, 0.4) is 0 Å². The molecule has 0 saturated carbocycles. The van der Waals surface area contributed by atoms with Crippen LogP contribution in [0.25, 0.3) is 0 Å². The highest BCUT2D eigenvalue weighted by Crippen LogP contribution is 1.97. The fourth-order valence-corrected chi connectivity index (χ4v) is 0.263. The number of carbonyl (C=O) groups excluding carboxylic acids is 1. The van der Waals surface area contributed by atoms with E-state index in [-0.39, 0.29) is 12.4 Å². The Morgan fingerprint density at radius 1 is 1.06 bits per heavy atom. The average molecular weight is 257 g/mol. The highest BCUT2D eigenvalue weighted by Gasteiger charge is 2.21. The van der Waals surface area contributed by atoms with Gasteiger partial charge in [0, 0.05) is 0 Å². The van der Waals surface area contributed by atoms with Gasteiger partial charge in [0.1, 0.15) is 11.1 Å². The van der Waals surface area contributed by atoms with E-state index >= 15 is 0 Å². The van der Waals surface area contributed by atoms with E-state index in [4.69, 9.17) is 16.6 Å². The number of halogens is 1. The van der Waals surface area contributed by atoms with Crippen LogP contribution < -0.4 is 11.5 Å². The van der Waals surface area contributed by atoms with E-state index < -0.39 is 23.0 Å². The van der Waals surface area contributed by atoms with Crippen LogP contribution in [0.5, 0.6) is 0 Å². The molecule has 0 aliphatic heterocycles. The second kappa shape index (κ2) is 7.43. The maximum Gasteiger partial charge on any atom is 0.325 e. The molecule has 16 heavy (non-hydrogen) atoms. The van der Waals surface area contributed by atoms with Gasteiger partial charge < -0.3 is 21.3 Å². The summed E-state index contributed by atoms with van der Waals surface area (Å²) in [5.74, 6) is -1.37. The third-order valence-electron chi connectivity index (χ3n) is 1.26. The molecule has 0 aromatic rings. The third kappa shape index (κ3) is 11.2. The van der Waals surface area contributed by atoms with Crippen molar-refractivity contribution < 1.29 is 19.4 Å². The van der Waals surface area contributed by atoms with Crippen LogP contribution in [-0.2, 0) is 14.3 Å². The van der Waals surface area contributed by atoms with Crippen LogP contribution in [0.1, 0.15) is 27.7 Å². The van der Waals surface area contributed by atoms with Gasteiger partial charge in [-0.15, -0.1) is 12.4 Å². The minimum absolute atomic E-state index is 0. The number of esters is 1. The number of hydrogen-bond acceptors (Lipinski definition) is 5. The number of rotatable bonds is 2. The van der Waals surface area contributed by atoms with Crippen molar-refractivity contribution in [3.8, 4) is 0 Å². The number of aliphatic carboxylic acids is 1. The van der Waals surface area contributed by atoms with Crippen molar-refractivity contribution in [2.45, 2.75) is 38.8 Å². The summed E-state index contributed by atoms with van der Waals surface area (Å²) in [4.78, 5) is 20.4. The first-order chi connectivity index (χ1) is 6.42. The number of carboxylic acids is 1. The number of hydrogen-bond donors (Lipinski definition) is 3. The van der Waals surface area contributed by atoms with Crippen LogP contribution in [0, 0.1) is 0 Å². The van der Waals surface area contributed by atoms with Crippen LogP contribution in [0.4, 0.5) is 0 Å². The number of ether oxygens (including phenoxy) is 1. The van der Waals surface area contributed by atoms with Gasteiger partial charge in [-0.05, 0) is 27.7 Å². The van der Waals surface area contributed by atoms with Crippen molar-refractivity contribution in [1.82, 2.24) is 0 Å². The zero-order chi connectivity index (χ0) is 12.9. The Morgan fingerprint density at radius 2 is 1.31 bits per heavy atom. The second-order valence-corrected chi connectivity index (χ2v) is 4.24. The van der Waals surface area contributed by atoms with Crippen LogP contribution >= 0.6 is 12.4 Å². The molecular formula is C9H21ClN2O4. The standard InChI is InChI=1S/C5H11NO2.C4H9NO2.ClH/c1-5(2,6)4(7)8-3;1-4(2,5)3(6)7;/h6H2,1-3H3;5H2,1-2H3,(H,6,7);1H.